The van der Waals surface area contributed by atoms with E-state index in [0.29, 0.717) is 0 Å². The highest BCUT2D eigenvalue weighted by Gasteiger charge is 2.11. The second-order valence-corrected chi connectivity index (χ2v) is 4.08. The third kappa shape index (κ3) is 3.92. The molecule has 1 atom stereocenters. The molecule has 0 amide bonds. The van der Waals surface area contributed by atoms with Gasteiger partial charge in [0.2, 0.25) is 0 Å². The highest BCUT2D eigenvalue weighted by Crippen LogP contribution is 2.24. The third-order valence-corrected chi connectivity index (χ3v) is 2.64. The van der Waals surface area contributed by atoms with E-state index in [1.807, 2.05) is 24.3 Å². The predicted molar refractivity (Wildman–Crippen MR) is 61.3 cm³/mol. The topological polar surface area (TPSA) is 37.3 Å². The van der Waals surface area contributed by atoms with Gasteiger partial charge >= 0.3 is 5.97 Å². The van der Waals surface area contributed by atoms with Gasteiger partial charge < -0.3 is 5.11 Å². The number of carbonyl (C=O) groups is 1. The first-order chi connectivity index (χ1) is 7.13. The van der Waals surface area contributed by atoms with E-state index in [-0.39, 0.29) is 6.42 Å². The number of hydrogen-bond acceptors (Lipinski definition) is 1. The van der Waals surface area contributed by atoms with E-state index in [2.05, 4.69) is 6.92 Å². The van der Waals surface area contributed by atoms with E-state index in [0.717, 1.165) is 18.4 Å². The molecule has 2 nitrogen and oxygen atoms in total. The number of aryl methyl sites for hydroxylation is 1. The van der Waals surface area contributed by atoms with Crippen LogP contribution in [0, 0.1) is 0 Å². The van der Waals surface area contributed by atoms with Crippen LogP contribution in [0.15, 0.2) is 24.3 Å². The maximum absolute atomic E-state index is 10.5. The van der Waals surface area contributed by atoms with E-state index in [1.165, 1.54) is 5.56 Å². The lowest BCUT2D eigenvalue weighted by Gasteiger charge is -2.07. The fourth-order valence-corrected chi connectivity index (χ4v) is 1.73. The van der Waals surface area contributed by atoms with Crippen LogP contribution in [0.2, 0.25) is 0 Å². The molecule has 0 aliphatic carbocycles. The van der Waals surface area contributed by atoms with Gasteiger partial charge in [-0.15, -0.1) is 11.6 Å². The maximum atomic E-state index is 10.5. The van der Waals surface area contributed by atoms with Crippen molar-refractivity contribution in [3.05, 3.63) is 35.4 Å². The highest BCUT2D eigenvalue weighted by atomic mass is 35.5. The molecule has 0 heterocycles. The molecule has 0 aromatic heterocycles. The minimum Gasteiger partial charge on any atom is -0.481 e. The summed E-state index contributed by atoms with van der Waals surface area (Å²) in [4.78, 5) is 10.5. The van der Waals surface area contributed by atoms with Crippen molar-refractivity contribution >= 4 is 17.6 Å². The Hall–Kier alpha value is -1.02. The molecule has 82 valence electrons. The van der Waals surface area contributed by atoms with Gasteiger partial charge in [0.05, 0.1) is 11.8 Å². The molecule has 1 aromatic rings. The van der Waals surface area contributed by atoms with Crippen LogP contribution < -0.4 is 0 Å². The smallest absolute Gasteiger partial charge is 0.305 e. The van der Waals surface area contributed by atoms with Crippen LogP contribution in [0.1, 0.15) is 36.3 Å². The largest absolute Gasteiger partial charge is 0.481 e. The first kappa shape index (κ1) is 12.1. The lowest BCUT2D eigenvalue weighted by molar-refractivity contribution is -0.137. The summed E-state index contributed by atoms with van der Waals surface area (Å²) < 4.78 is 0. The van der Waals surface area contributed by atoms with E-state index in [1.54, 1.807) is 0 Å². The molecule has 1 N–H and O–H groups in total. The van der Waals surface area contributed by atoms with Crippen molar-refractivity contribution in [2.24, 2.45) is 0 Å². The molecule has 0 saturated heterocycles. The van der Waals surface area contributed by atoms with Crippen molar-refractivity contribution in [3.63, 3.8) is 0 Å². The monoisotopic (exact) mass is 226 g/mol. The molecule has 1 aromatic carbocycles. The Morgan fingerprint density at radius 3 is 2.47 bits per heavy atom. The van der Waals surface area contributed by atoms with Crippen molar-refractivity contribution in [1.82, 2.24) is 0 Å². The molecule has 0 aliphatic heterocycles. The number of aliphatic carboxylic acids is 1. The number of alkyl halides is 1. The van der Waals surface area contributed by atoms with Gasteiger partial charge in [-0.3, -0.25) is 4.79 Å². The number of rotatable bonds is 5. The van der Waals surface area contributed by atoms with Crippen molar-refractivity contribution < 1.29 is 9.90 Å². The summed E-state index contributed by atoms with van der Waals surface area (Å²) in [5, 5.41) is 8.17. The van der Waals surface area contributed by atoms with Crippen LogP contribution in [0.4, 0.5) is 0 Å². The van der Waals surface area contributed by atoms with Gasteiger partial charge in [0.15, 0.2) is 0 Å². The second kappa shape index (κ2) is 5.76. The summed E-state index contributed by atoms with van der Waals surface area (Å²) >= 11 is 5.95. The summed E-state index contributed by atoms with van der Waals surface area (Å²) in [5.74, 6) is -0.868. The molecule has 3 heteroatoms. The van der Waals surface area contributed by atoms with Gasteiger partial charge in [0.25, 0.3) is 0 Å². The Labute approximate surface area is 94.9 Å². The van der Waals surface area contributed by atoms with Crippen LogP contribution in [-0.4, -0.2) is 11.1 Å². The average molecular weight is 227 g/mol. The molecule has 0 spiro atoms. The molecule has 0 bridgehead atoms. The van der Waals surface area contributed by atoms with E-state index >= 15 is 0 Å². The van der Waals surface area contributed by atoms with E-state index in [4.69, 9.17) is 16.7 Å². The van der Waals surface area contributed by atoms with Crippen molar-refractivity contribution in [2.45, 2.75) is 31.6 Å². The number of benzene rings is 1. The molecular formula is C12H15ClO2. The minimum atomic E-state index is -0.868. The zero-order valence-corrected chi connectivity index (χ0v) is 9.50. The SMILES string of the molecule is CCCc1ccc(C(Cl)CC(=O)O)cc1. The van der Waals surface area contributed by atoms with Crippen molar-refractivity contribution in [1.29, 1.82) is 0 Å². The Kier molecular flexibility index (Phi) is 4.63. The number of carboxylic acids is 1. The third-order valence-electron chi connectivity index (χ3n) is 2.23. The number of halogens is 1. The van der Waals surface area contributed by atoms with Gasteiger partial charge in [-0.1, -0.05) is 37.6 Å². The van der Waals surface area contributed by atoms with Crippen LogP contribution in [0.5, 0.6) is 0 Å². The molecular weight excluding hydrogens is 212 g/mol. The van der Waals surface area contributed by atoms with Gasteiger partial charge in [-0.25, -0.2) is 0 Å². The van der Waals surface area contributed by atoms with Gasteiger partial charge in [-0.2, -0.15) is 0 Å². The fourth-order valence-electron chi connectivity index (χ4n) is 1.45. The van der Waals surface area contributed by atoms with Crippen LogP contribution in [0.25, 0.3) is 0 Å². The zero-order chi connectivity index (χ0) is 11.3. The van der Waals surface area contributed by atoms with Crippen LogP contribution >= 0.6 is 11.6 Å². The number of hydrogen-bond donors (Lipinski definition) is 1. The molecule has 15 heavy (non-hydrogen) atoms. The summed E-state index contributed by atoms with van der Waals surface area (Å²) in [6, 6.07) is 7.84. The van der Waals surface area contributed by atoms with Gasteiger partial charge in [0, 0.05) is 0 Å². The van der Waals surface area contributed by atoms with Crippen molar-refractivity contribution in [2.75, 3.05) is 0 Å². The zero-order valence-electron chi connectivity index (χ0n) is 8.74. The summed E-state index contributed by atoms with van der Waals surface area (Å²) in [6.45, 7) is 2.13. The summed E-state index contributed by atoms with van der Waals surface area (Å²) in [5.41, 5.74) is 2.14. The minimum absolute atomic E-state index is 0.0331. The molecule has 0 aliphatic rings. The Balaban J connectivity index is 2.66. The molecule has 1 rings (SSSR count). The fraction of sp³-hybridized carbons (Fsp3) is 0.417. The first-order valence-electron chi connectivity index (χ1n) is 5.08. The van der Waals surface area contributed by atoms with Crippen LogP contribution in [0.3, 0.4) is 0 Å². The molecule has 1 unspecified atom stereocenters. The number of carboxylic acid groups (broad SMARTS) is 1. The predicted octanol–water partition coefficient (Wildman–Crippen LogP) is 3.39. The van der Waals surface area contributed by atoms with Gasteiger partial charge in [-0.05, 0) is 17.5 Å². The standard InChI is InChI=1S/C12H15ClO2/c1-2-3-9-4-6-10(7-5-9)11(13)8-12(14)15/h4-7,11H,2-3,8H2,1H3,(H,14,15). The molecule has 0 saturated carbocycles. The second-order valence-electron chi connectivity index (χ2n) is 3.56. The lowest BCUT2D eigenvalue weighted by Crippen LogP contribution is -2.00. The van der Waals surface area contributed by atoms with Crippen LogP contribution in [-0.2, 0) is 11.2 Å². The molecule has 0 radical (unpaired) electrons. The summed E-state index contributed by atoms with van der Waals surface area (Å²) in [6.07, 6.45) is 2.12. The highest BCUT2D eigenvalue weighted by molar-refractivity contribution is 6.21. The first-order valence-corrected chi connectivity index (χ1v) is 5.51. The molecule has 0 fully saturated rings. The lowest BCUT2D eigenvalue weighted by atomic mass is 10.0. The maximum Gasteiger partial charge on any atom is 0.305 e. The Morgan fingerprint density at radius 1 is 1.40 bits per heavy atom. The normalized spacial score (nSPS) is 12.4. The van der Waals surface area contributed by atoms with E-state index < -0.39 is 11.3 Å². The van der Waals surface area contributed by atoms with E-state index in [9.17, 15) is 4.79 Å². The Morgan fingerprint density at radius 2 is 2.00 bits per heavy atom. The Bertz CT molecular complexity index is 319. The summed E-state index contributed by atoms with van der Waals surface area (Å²) in [7, 11) is 0. The van der Waals surface area contributed by atoms with Crippen molar-refractivity contribution in [3.8, 4) is 0 Å². The quantitative estimate of drug-likeness (QED) is 0.782. The van der Waals surface area contributed by atoms with Gasteiger partial charge in [0.1, 0.15) is 0 Å². The average Bonchev–Trinajstić information content (AvgIpc) is 2.18.